The zero-order chi connectivity index (χ0) is 14.7. The molecule has 3 nitrogen and oxygen atoms in total. The number of ether oxygens (including phenoxy) is 2. The van der Waals surface area contributed by atoms with Crippen LogP contribution in [0.25, 0.3) is 0 Å². The van der Waals surface area contributed by atoms with E-state index in [1.165, 1.54) is 6.07 Å². The van der Waals surface area contributed by atoms with Gasteiger partial charge in [-0.25, -0.2) is 4.39 Å². The molecule has 0 bridgehead atoms. The van der Waals surface area contributed by atoms with Crippen LogP contribution in [0.5, 0.6) is 11.5 Å². The van der Waals surface area contributed by atoms with Gasteiger partial charge in [0.15, 0.2) is 11.5 Å². The van der Waals surface area contributed by atoms with Gasteiger partial charge < -0.3 is 14.8 Å². The molecule has 2 aromatic rings. The third kappa shape index (κ3) is 3.10. The smallest absolute Gasteiger partial charge is 0.163 e. The summed E-state index contributed by atoms with van der Waals surface area (Å²) in [5.41, 5.74) is 1.88. The zero-order valence-corrected chi connectivity index (χ0v) is 11.9. The Kier molecular flexibility index (Phi) is 3.95. The van der Waals surface area contributed by atoms with E-state index >= 15 is 0 Å². The minimum Gasteiger partial charge on any atom is -0.486 e. The lowest BCUT2D eigenvalue weighted by atomic mass is 10.0. The molecule has 1 N–H and O–H groups in total. The highest BCUT2D eigenvalue weighted by Gasteiger charge is 2.14. The maximum atomic E-state index is 13.4. The lowest BCUT2D eigenvalue weighted by Gasteiger charge is -2.22. The molecule has 1 aliphatic rings. The molecular formula is C17H18FNO2. The van der Waals surface area contributed by atoms with E-state index in [2.05, 4.69) is 12.2 Å². The Morgan fingerprint density at radius 1 is 1.10 bits per heavy atom. The van der Waals surface area contributed by atoms with Crippen LogP contribution >= 0.6 is 0 Å². The molecule has 0 saturated heterocycles. The van der Waals surface area contributed by atoms with Crippen molar-refractivity contribution in [3.05, 3.63) is 53.8 Å². The Balaban J connectivity index is 1.81. The van der Waals surface area contributed by atoms with Crippen LogP contribution in [0.2, 0.25) is 0 Å². The standard InChI is InChI=1S/C17H18FNO2/c1-2-15(12-4-3-5-13(18)10-12)19-14-6-7-16-17(11-14)21-9-8-20-16/h3-7,10-11,15,19H,2,8-9H2,1H3. The predicted octanol–water partition coefficient (Wildman–Crippen LogP) is 4.16. The van der Waals surface area contributed by atoms with Crippen molar-refractivity contribution in [2.45, 2.75) is 19.4 Å². The Hall–Kier alpha value is -2.23. The number of benzene rings is 2. The van der Waals surface area contributed by atoms with Crippen LogP contribution < -0.4 is 14.8 Å². The molecule has 0 aromatic heterocycles. The summed E-state index contributed by atoms with van der Waals surface area (Å²) in [6.07, 6.45) is 0.859. The van der Waals surface area contributed by atoms with E-state index in [1.807, 2.05) is 24.3 Å². The van der Waals surface area contributed by atoms with Gasteiger partial charge in [0.1, 0.15) is 19.0 Å². The number of hydrogen-bond donors (Lipinski definition) is 1. The Bertz CT molecular complexity index is 630. The summed E-state index contributed by atoms with van der Waals surface area (Å²) in [7, 11) is 0. The topological polar surface area (TPSA) is 30.5 Å². The summed E-state index contributed by atoms with van der Waals surface area (Å²) in [5, 5.41) is 3.42. The molecule has 0 aliphatic carbocycles. The summed E-state index contributed by atoms with van der Waals surface area (Å²) in [6, 6.07) is 12.5. The van der Waals surface area contributed by atoms with Crippen LogP contribution in [0.1, 0.15) is 24.9 Å². The fourth-order valence-electron chi connectivity index (χ4n) is 2.48. The molecule has 0 amide bonds. The molecule has 0 spiro atoms. The number of halogens is 1. The molecule has 3 rings (SSSR count). The molecule has 1 heterocycles. The number of anilines is 1. The van der Waals surface area contributed by atoms with Crippen molar-refractivity contribution in [1.82, 2.24) is 0 Å². The van der Waals surface area contributed by atoms with E-state index in [9.17, 15) is 4.39 Å². The molecule has 110 valence electrons. The Morgan fingerprint density at radius 2 is 1.90 bits per heavy atom. The van der Waals surface area contributed by atoms with Gasteiger partial charge in [0, 0.05) is 11.8 Å². The second-order valence-corrected chi connectivity index (χ2v) is 5.02. The van der Waals surface area contributed by atoms with Crippen molar-refractivity contribution in [3.63, 3.8) is 0 Å². The van der Waals surface area contributed by atoms with E-state index in [0.29, 0.717) is 13.2 Å². The minimum atomic E-state index is -0.213. The van der Waals surface area contributed by atoms with Crippen molar-refractivity contribution in [3.8, 4) is 11.5 Å². The number of rotatable bonds is 4. The summed E-state index contributed by atoms with van der Waals surface area (Å²) >= 11 is 0. The molecule has 2 aromatic carbocycles. The zero-order valence-electron chi connectivity index (χ0n) is 11.9. The van der Waals surface area contributed by atoms with E-state index in [4.69, 9.17) is 9.47 Å². The van der Waals surface area contributed by atoms with Crippen LogP contribution in [-0.4, -0.2) is 13.2 Å². The van der Waals surface area contributed by atoms with Crippen LogP contribution in [0.3, 0.4) is 0 Å². The second-order valence-electron chi connectivity index (χ2n) is 5.02. The van der Waals surface area contributed by atoms with Crippen molar-refractivity contribution in [2.75, 3.05) is 18.5 Å². The van der Waals surface area contributed by atoms with Crippen LogP contribution in [-0.2, 0) is 0 Å². The van der Waals surface area contributed by atoms with E-state index in [-0.39, 0.29) is 11.9 Å². The van der Waals surface area contributed by atoms with Gasteiger partial charge in [0.2, 0.25) is 0 Å². The average molecular weight is 287 g/mol. The summed E-state index contributed by atoms with van der Waals surface area (Å²) in [6.45, 7) is 3.22. The van der Waals surface area contributed by atoms with E-state index < -0.39 is 0 Å². The van der Waals surface area contributed by atoms with Crippen molar-refractivity contribution in [1.29, 1.82) is 0 Å². The first kappa shape index (κ1) is 13.7. The fraction of sp³-hybridized carbons (Fsp3) is 0.294. The summed E-state index contributed by atoms with van der Waals surface area (Å²) < 4.78 is 24.5. The quantitative estimate of drug-likeness (QED) is 0.916. The first-order valence-corrected chi connectivity index (χ1v) is 7.18. The van der Waals surface area contributed by atoms with Crippen LogP contribution in [0.4, 0.5) is 10.1 Å². The van der Waals surface area contributed by atoms with E-state index in [0.717, 1.165) is 29.2 Å². The number of fused-ring (bicyclic) bond motifs is 1. The average Bonchev–Trinajstić information content (AvgIpc) is 2.52. The molecule has 1 atom stereocenters. The normalized spacial score (nSPS) is 14.6. The third-order valence-corrected chi connectivity index (χ3v) is 3.54. The van der Waals surface area contributed by atoms with Gasteiger partial charge in [-0.05, 0) is 36.2 Å². The summed E-state index contributed by atoms with van der Waals surface area (Å²) in [4.78, 5) is 0. The highest BCUT2D eigenvalue weighted by molar-refractivity contribution is 5.56. The third-order valence-electron chi connectivity index (χ3n) is 3.54. The SMILES string of the molecule is CCC(Nc1ccc2c(c1)OCCO2)c1cccc(F)c1. The lowest BCUT2D eigenvalue weighted by Crippen LogP contribution is -2.16. The maximum Gasteiger partial charge on any atom is 0.163 e. The largest absolute Gasteiger partial charge is 0.486 e. The molecule has 0 radical (unpaired) electrons. The molecular weight excluding hydrogens is 269 g/mol. The maximum absolute atomic E-state index is 13.4. The molecule has 4 heteroatoms. The highest BCUT2D eigenvalue weighted by Crippen LogP contribution is 2.34. The molecule has 1 aliphatic heterocycles. The van der Waals surface area contributed by atoms with E-state index in [1.54, 1.807) is 12.1 Å². The highest BCUT2D eigenvalue weighted by atomic mass is 19.1. The molecule has 0 fully saturated rings. The second kappa shape index (κ2) is 6.04. The van der Waals surface area contributed by atoms with Gasteiger partial charge in [-0.1, -0.05) is 19.1 Å². The Morgan fingerprint density at radius 3 is 2.67 bits per heavy atom. The van der Waals surface area contributed by atoms with Crippen molar-refractivity contribution < 1.29 is 13.9 Å². The van der Waals surface area contributed by atoms with Gasteiger partial charge in [0.05, 0.1) is 6.04 Å². The first-order chi connectivity index (χ1) is 10.3. The number of hydrogen-bond acceptors (Lipinski definition) is 3. The number of nitrogens with one attached hydrogen (secondary N) is 1. The minimum absolute atomic E-state index is 0.0586. The molecule has 21 heavy (non-hydrogen) atoms. The van der Waals surface area contributed by atoms with Gasteiger partial charge in [-0.2, -0.15) is 0 Å². The van der Waals surface area contributed by atoms with Gasteiger partial charge in [-0.15, -0.1) is 0 Å². The van der Waals surface area contributed by atoms with Crippen LogP contribution in [0.15, 0.2) is 42.5 Å². The monoisotopic (exact) mass is 287 g/mol. The van der Waals surface area contributed by atoms with Gasteiger partial charge in [0.25, 0.3) is 0 Å². The van der Waals surface area contributed by atoms with Gasteiger partial charge in [-0.3, -0.25) is 0 Å². The van der Waals surface area contributed by atoms with Crippen molar-refractivity contribution in [2.24, 2.45) is 0 Å². The van der Waals surface area contributed by atoms with Crippen molar-refractivity contribution >= 4 is 5.69 Å². The Labute approximate surface area is 123 Å². The molecule has 0 saturated carbocycles. The van der Waals surface area contributed by atoms with Gasteiger partial charge >= 0.3 is 0 Å². The molecule has 1 unspecified atom stereocenters. The van der Waals surface area contributed by atoms with Crippen LogP contribution in [0, 0.1) is 5.82 Å². The summed E-state index contributed by atoms with van der Waals surface area (Å²) in [5.74, 6) is 1.31. The predicted molar refractivity (Wildman–Crippen MR) is 80.5 cm³/mol. The fourth-order valence-corrected chi connectivity index (χ4v) is 2.48. The first-order valence-electron chi connectivity index (χ1n) is 7.18. The lowest BCUT2D eigenvalue weighted by molar-refractivity contribution is 0.171.